The predicted molar refractivity (Wildman–Crippen MR) is 147 cm³/mol. The van der Waals surface area contributed by atoms with Crippen molar-refractivity contribution in [3.63, 3.8) is 0 Å². The van der Waals surface area contributed by atoms with Crippen LogP contribution >= 0.6 is 23.7 Å². The van der Waals surface area contributed by atoms with E-state index in [2.05, 4.69) is 21.3 Å². The van der Waals surface area contributed by atoms with Gasteiger partial charge in [-0.2, -0.15) is 4.98 Å². The topological polar surface area (TPSA) is 90.0 Å². The van der Waals surface area contributed by atoms with Crippen molar-refractivity contribution in [2.45, 2.75) is 39.4 Å². The van der Waals surface area contributed by atoms with Crippen LogP contribution in [0.25, 0.3) is 21.4 Å². The number of halogens is 2. The van der Waals surface area contributed by atoms with Gasteiger partial charge in [0.05, 0.1) is 16.8 Å². The zero-order valence-corrected chi connectivity index (χ0v) is 22.5. The summed E-state index contributed by atoms with van der Waals surface area (Å²) in [5.74, 6) is 0.927. The number of nitrogens with zero attached hydrogens (tertiary/aromatic N) is 6. The number of benzene rings is 1. The number of aromatic nitrogens is 5. The summed E-state index contributed by atoms with van der Waals surface area (Å²) in [6, 6.07) is 4.74. The highest BCUT2D eigenvalue weighted by atomic mass is 35.5. The molecule has 2 saturated heterocycles. The van der Waals surface area contributed by atoms with E-state index in [9.17, 15) is 14.0 Å². The molecule has 1 N–H and O–H groups in total. The van der Waals surface area contributed by atoms with Crippen molar-refractivity contribution in [1.82, 2.24) is 29.0 Å². The highest BCUT2D eigenvalue weighted by molar-refractivity contribution is 7.18. The lowest BCUT2D eigenvalue weighted by Gasteiger charge is -2.25. The second-order valence-electron chi connectivity index (χ2n) is 9.90. The van der Waals surface area contributed by atoms with Gasteiger partial charge in [-0.25, -0.2) is 14.2 Å². The first-order chi connectivity index (χ1) is 17.3. The first-order valence-corrected chi connectivity index (χ1v) is 13.0. The smallest absolute Gasteiger partial charge is 0.332 e. The quantitative estimate of drug-likeness (QED) is 0.388. The first-order valence-electron chi connectivity index (χ1n) is 12.2. The fraction of sp³-hybridized carbons (Fsp3) is 0.440. The van der Waals surface area contributed by atoms with Gasteiger partial charge in [0.2, 0.25) is 5.95 Å². The minimum absolute atomic E-state index is 0. The molecular weight excluding hydrogens is 517 g/mol. The Balaban J connectivity index is 0.00000280. The zero-order chi connectivity index (χ0) is 25.1. The van der Waals surface area contributed by atoms with Crippen LogP contribution in [0.15, 0.2) is 39.4 Å². The number of rotatable bonds is 5. The van der Waals surface area contributed by atoms with E-state index in [1.54, 1.807) is 13.1 Å². The van der Waals surface area contributed by atoms with Crippen molar-refractivity contribution in [3.05, 3.63) is 61.5 Å². The van der Waals surface area contributed by atoms with Gasteiger partial charge in [-0.3, -0.25) is 13.9 Å². The molecule has 0 saturated carbocycles. The van der Waals surface area contributed by atoms with Crippen molar-refractivity contribution in [2.75, 3.05) is 24.5 Å². The summed E-state index contributed by atoms with van der Waals surface area (Å²) < 4.78 is 19.1. The highest BCUT2D eigenvalue weighted by Gasteiger charge is 2.40. The van der Waals surface area contributed by atoms with Crippen molar-refractivity contribution in [1.29, 1.82) is 0 Å². The number of thiazole rings is 1. The van der Waals surface area contributed by atoms with Crippen LogP contribution in [0.4, 0.5) is 10.3 Å². The maximum Gasteiger partial charge on any atom is 0.332 e. The molecule has 0 radical (unpaired) electrons. The number of hydrogen-bond acceptors (Lipinski definition) is 7. The van der Waals surface area contributed by atoms with E-state index in [1.807, 2.05) is 18.4 Å². The van der Waals surface area contributed by atoms with Crippen molar-refractivity contribution in [2.24, 2.45) is 13.0 Å². The molecule has 2 aliphatic rings. The number of imidazole rings is 1. The highest BCUT2D eigenvalue weighted by Crippen LogP contribution is 2.33. The fourth-order valence-corrected chi connectivity index (χ4v) is 6.35. The molecule has 0 spiro atoms. The van der Waals surface area contributed by atoms with Gasteiger partial charge in [0, 0.05) is 45.3 Å². The van der Waals surface area contributed by atoms with Crippen LogP contribution in [0.1, 0.15) is 25.3 Å². The molecule has 2 aliphatic heterocycles. The molecule has 0 amide bonds. The van der Waals surface area contributed by atoms with Gasteiger partial charge in [-0.15, -0.1) is 23.7 Å². The van der Waals surface area contributed by atoms with E-state index >= 15 is 0 Å². The van der Waals surface area contributed by atoms with Gasteiger partial charge >= 0.3 is 5.69 Å². The van der Waals surface area contributed by atoms with E-state index in [0.29, 0.717) is 40.2 Å². The second-order valence-corrected chi connectivity index (χ2v) is 11.0. The van der Waals surface area contributed by atoms with E-state index in [0.717, 1.165) is 42.3 Å². The SMILES string of the molecule is CC(C)=CCn1c(N2CCC3CNCC32)nc2c1c(=O)n(Cc1nc3cc(F)ccc3s1)c(=O)n2C.Cl. The standard InChI is InChI=1S/C25H28FN7O2S.ClH/c1-14(2)6-8-32-21-22(29-24(32)31-9-7-15-11-27-12-18(15)31)30(3)25(35)33(23(21)34)13-20-28-17-10-16(26)4-5-19(17)36-20;/h4-6,10,15,18,27H,7-9,11-13H2,1-3H3;1H. The number of fused-ring (bicyclic) bond motifs is 3. The third kappa shape index (κ3) is 4.28. The first kappa shape index (κ1) is 25.6. The predicted octanol–water partition coefficient (Wildman–Crippen LogP) is 2.88. The molecule has 2 unspecified atom stereocenters. The number of allylic oxidation sites excluding steroid dienone is 2. The number of hydrogen-bond donors (Lipinski definition) is 1. The maximum absolute atomic E-state index is 13.9. The molecule has 2 atom stereocenters. The third-order valence-electron chi connectivity index (χ3n) is 7.28. The molecule has 2 fully saturated rings. The van der Waals surface area contributed by atoms with Gasteiger partial charge in [0.1, 0.15) is 10.8 Å². The fourth-order valence-electron chi connectivity index (χ4n) is 5.41. The molecule has 6 rings (SSSR count). The molecule has 0 bridgehead atoms. The van der Waals surface area contributed by atoms with Gasteiger partial charge in [0.15, 0.2) is 11.2 Å². The Morgan fingerprint density at radius 1 is 1.22 bits per heavy atom. The molecule has 0 aliphatic carbocycles. The van der Waals surface area contributed by atoms with Gasteiger partial charge in [-0.05, 0) is 38.3 Å². The van der Waals surface area contributed by atoms with Crippen LogP contribution in [-0.2, 0) is 20.1 Å². The van der Waals surface area contributed by atoms with Crippen molar-refractivity contribution >= 4 is 51.1 Å². The molecule has 196 valence electrons. The average molecular weight is 546 g/mol. The molecule has 5 heterocycles. The van der Waals surface area contributed by atoms with Gasteiger partial charge < -0.3 is 14.8 Å². The Morgan fingerprint density at radius 2 is 2.03 bits per heavy atom. The van der Waals surface area contributed by atoms with E-state index < -0.39 is 5.69 Å². The Hall–Kier alpha value is -3.02. The molecule has 37 heavy (non-hydrogen) atoms. The summed E-state index contributed by atoms with van der Waals surface area (Å²) in [7, 11) is 1.65. The van der Waals surface area contributed by atoms with Crippen LogP contribution < -0.4 is 21.5 Å². The summed E-state index contributed by atoms with van der Waals surface area (Å²) in [6.07, 6.45) is 3.15. The molecule has 12 heteroatoms. The third-order valence-corrected chi connectivity index (χ3v) is 8.31. The lowest BCUT2D eigenvalue weighted by atomic mass is 10.1. The summed E-state index contributed by atoms with van der Waals surface area (Å²) >= 11 is 1.35. The largest absolute Gasteiger partial charge is 0.338 e. The lowest BCUT2D eigenvalue weighted by molar-refractivity contribution is 0.573. The van der Waals surface area contributed by atoms with Crippen LogP contribution in [0.5, 0.6) is 0 Å². The molecule has 1 aromatic carbocycles. The molecule has 4 aromatic rings. The summed E-state index contributed by atoms with van der Waals surface area (Å²) in [5.41, 5.74) is 1.62. The van der Waals surface area contributed by atoms with Crippen LogP contribution in [0.3, 0.4) is 0 Å². The Morgan fingerprint density at radius 3 is 2.81 bits per heavy atom. The van der Waals surface area contributed by atoms with E-state index in [4.69, 9.17) is 4.98 Å². The monoisotopic (exact) mass is 545 g/mol. The average Bonchev–Trinajstić information content (AvgIpc) is 3.60. The molecule has 9 nitrogen and oxygen atoms in total. The zero-order valence-electron chi connectivity index (χ0n) is 20.9. The number of nitrogens with one attached hydrogen (secondary N) is 1. The minimum atomic E-state index is -0.446. The second kappa shape index (κ2) is 9.70. The van der Waals surface area contributed by atoms with Crippen LogP contribution in [0.2, 0.25) is 0 Å². The normalized spacial score (nSPS) is 19.0. The number of anilines is 1. The van der Waals surface area contributed by atoms with Gasteiger partial charge in [-0.1, -0.05) is 11.6 Å². The molecule has 3 aromatic heterocycles. The van der Waals surface area contributed by atoms with Crippen molar-refractivity contribution in [3.8, 4) is 0 Å². The Bertz CT molecular complexity index is 1650. The van der Waals surface area contributed by atoms with Crippen LogP contribution in [-0.4, -0.2) is 49.3 Å². The van der Waals surface area contributed by atoms with Crippen molar-refractivity contribution < 1.29 is 4.39 Å². The number of aryl methyl sites for hydroxylation is 1. The van der Waals surface area contributed by atoms with E-state index in [1.165, 1.54) is 32.6 Å². The Kier molecular flexibility index (Phi) is 6.71. The molecular formula is C25H29ClFN7O2S. The Labute approximate surface area is 222 Å². The summed E-state index contributed by atoms with van der Waals surface area (Å²) in [4.78, 5) is 38.8. The maximum atomic E-state index is 13.9. The summed E-state index contributed by atoms with van der Waals surface area (Å²) in [6.45, 7) is 7.31. The van der Waals surface area contributed by atoms with Gasteiger partial charge in [0.25, 0.3) is 5.56 Å². The summed E-state index contributed by atoms with van der Waals surface area (Å²) in [5, 5.41) is 4.04. The lowest BCUT2D eigenvalue weighted by Crippen LogP contribution is -2.40. The van der Waals surface area contributed by atoms with Crippen LogP contribution in [0, 0.1) is 11.7 Å². The minimum Gasteiger partial charge on any atom is -0.338 e. The van der Waals surface area contributed by atoms with E-state index in [-0.39, 0.29) is 30.3 Å².